The molecule has 0 spiro atoms. The summed E-state index contributed by atoms with van der Waals surface area (Å²) in [6, 6.07) is 15.4. The summed E-state index contributed by atoms with van der Waals surface area (Å²) >= 11 is 11.9. The van der Waals surface area contributed by atoms with E-state index in [1.54, 1.807) is 55.6 Å². The van der Waals surface area contributed by atoms with Crippen LogP contribution in [0.25, 0.3) is 22.5 Å². The Morgan fingerprint density at radius 3 is 2.32 bits per heavy atom. The molecular formula is C20H14Cl2N4O2. The van der Waals surface area contributed by atoms with E-state index in [4.69, 9.17) is 27.7 Å². The molecule has 0 bridgehead atoms. The molecule has 4 rings (SSSR count). The third kappa shape index (κ3) is 3.52. The maximum atomic E-state index is 12.8. The molecule has 6 nitrogen and oxygen atoms in total. The minimum absolute atomic E-state index is 0.412. The smallest absolute Gasteiger partial charge is 0.347 e. The molecule has 1 N–H and O–H groups in total. The van der Waals surface area contributed by atoms with E-state index in [9.17, 15) is 4.79 Å². The Hall–Kier alpha value is -3.09. The average molecular weight is 413 g/mol. The van der Waals surface area contributed by atoms with E-state index >= 15 is 0 Å². The number of amides is 1. The highest BCUT2D eigenvalue weighted by Gasteiger charge is 2.22. The third-order valence-electron chi connectivity index (χ3n) is 4.17. The van der Waals surface area contributed by atoms with Crippen LogP contribution in [0.5, 0.6) is 0 Å². The first-order chi connectivity index (χ1) is 13.5. The zero-order valence-electron chi connectivity index (χ0n) is 14.7. The molecule has 2 heterocycles. The van der Waals surface area contributed by atoms with E-state index in [0.717, 1.165) is 5.56 Å². The van der Waals surface area contributed by atoms with Crippen LogP contribution in [0.3, 0.4) is 0 Å². The average Bonchev–Trinajstić information content (AvgIpc) is 3.30. The topological polar surface area (TPSA) is 73.0 Å². The van der Waals surface area contributed by atoms with Gasteiger partial charge in [-0.25, -0.2) is 4.79 Å². The zero-order valence-corrected chi connectivity index (χ0v) is 16.2. The quantitative estimate of drug-likeness (QED) is 0.454. The highest BCUT2D eigenvalue weighted by Crippen LogP contribution is 2.34. The number of halogens is 2. The van der Waals surface area contributed by atoms with E-state index in [1.165, 1.54) is 4.68 Å². The molecule has 0 saturated heterocycles. The van der Waals surface area contributed by atoms with Crippen molar-refractivity contribution in [1.29, 1.82) is 0 Å². The van der Waals surface area contributed by atoms with Crippen LogP contribution in [0.2, 0.25) is 10.0 Å². The van der Waals surface area contributed by atoms with Crippen molar-refractivity contribution in [2.24, 2.45) is 0 Å². The highest BCUT2D eigenvalue weighted by atomic mass is 35.5. The molecule has 0 unspecified atom stereocenters. The van der Waals surface area contributed by atoms with Crippen molar-refractivity contribution >= 4 is 34.9 Å². The summed E-state index contributed by atoms with van der Waals surface area (Å²) in [6.45, 7) is 1.79. The highest BCUT2D eigenvalue weighted by molar-refractivity contribution is 6.31. The zero-order chi connectivity index (χ0) is 19.7. The standard InChI is InChI=1S/C20H14Cl2N4O2/c1-12-18(19(25-28-12)13-2-4-14(21)5-3-13)17-10-11-23-26(17)20(27)24-16-8-6-15(22)7-9-16/h2-11H,1H3,(H,24,27). The van der Waals surface area contributed by atoms with Crippen LogP contribution >= 0.6 is 23.2 Å². The number of carbonyl (C=O) groups excluding carboxylic acids is 1. The minimum atomic E-state index is -0.412. The van der Waals surface area contributed by atoms with Crippen LogP contribution in [-0.2, 0) is 0 Å². The second-order valence-electron chi connectivity index (χ2n) is 6.03. The van der Waals surface area contributed by atoms with Gasteiger partial charge in [-0.15, -0.1) is 0 Å². The first-order valence-electron chi connectivity index (χ1n) is 8.36. The Morgan fingerprint density at radius 2 is 1.64 bits per heavy atom. The molecule has 8 heteroatoms. The molecule has 1 amide bonds. The Bertz CT molecular complexity index is 1130. The molecule has 0 atom stereocenters. The molecule has 0 saturated carbocycles. The molecular weight excluding hydrogens is 399 g/mol. The molecule has 28 heavy (non-hydrogen) atoms. The van der Waals surface area contributed by atoms with E-state index in [0.29, 0.717) is 38.4 Å². The molecule has 140 valence electrons. The van der Waals surface area contributed by atoms with Crippen LogP contribution in [0.4, 0.5) is 10.5 Å². The van der Waals surface area contributed by atoms with Gasteiger partial charge in [-0.1, -0.05) is 40.5 Å². The Labute approximate surface area is 170 Å². The van der Waals surface area contributed by atoms with Crippen LogP contribution in [0.15, 0.2) is 65.3 Å². The summed E-state index contributed by atoms with van der Waals surface area (Å²) in [5, 5.41) is 12.3. The normalized spacial score (nSPS) is 10.8. The second kappa shape index (κ2) is 7.50. The lowest BCUT2D eigenvalue weighted by Crippen LogP contribution is -2.21. The predicted molar refractivity (Wildman–Crippen MR) is 109 cm³/mol. The summed E-state index contributed by atoms with van der Waals surface area (Å²) in [5.41, 5.74) is 3.29. The summed E-state index contributed by atoms with van der Waals surface area (Å²) in [6.07, 6.45) is 1.55. The number of hydrogen-bond acceptors (Lipinski definition) is 4. The van der Waals surface area contributed by atoms with Crippen molar-refractivity contribution < 1.29 is 9.32 Å². The number of benzene rings is 2. The summed E-state index contributed by atoms with van der Waals surface area (Å²) in [4.78, 5) is 12.8. The van der Waals surface area contributed by atoms with Gasteiger partial charge in [-0.3, -0.25) is 0 Å². The lowest BCUT2D eigenvalue weighted by Gasteiger charge is -2.09. The third-order valence-corrected chi connectivity index (χ3v) is 4.67. The molecule has 2 aromatic carbocycles. The van der Waals surface area contributed by atoms with Gasteiger partial charge >= 0.3 is 6.03 Å². The van der Waals surface area contributed by atoms with Gasteiger partial charge in [0.1, 0.15) is 11.5 Å². The van der Waals surface area contributed by atoms with Crippen LogP contribution in [0, 0.1) is 6.92 Å². The number of rotatable bonds is 3. The molecule has 4 aromatic rings. The van der Waals surface area contributed by atoms with E-state index < -0.39 is 6.03 Å². The lowest BCUT2D eigenvalue weighted by atomic mass is 10.0. The first-order valence-corrected chi connectivity index (χ1v) is 9.12. The van der Waals surface area contributed by atoms with Crippen molar-refractivity contribution in [2.75, 3.05) is 5.32 Å². The maximum Gasteiger partial charge on any atom is 0.347 e. The van der Waals surface area contributed by atoms with Gasteiger partial charge in [-0.2, -0.15) is 9.78 Å². The SMILES string of the molecule is Cc1onc(-c2ccc(Cl)cc2)c1-c1ccnn1C(=O)Nc1ccc(Cl)cc1. The second-order valence-corrected chi connectivity index (χ2v) is 6.91. The maximum absolute atomic E-state index is 12.8. The molecule has 0 radical (unpaired) electrons. The number of nitrogens with zero attached hydrogens (tertiary/aromatic N) is 3. The molecule has 2 aromatic heterocycles. The van der Waals surface area contributed by atoms with Gasteiger partial charge in [0.05, 0.1) is 17.5 Å². The summed E-state index contributed by atoms with van der Waals surface area (Å²) in [7, 11) is 0. The van der Waals surface area contributed by atoms with Gasteiger partial charge in [0.2, 0.25) is 0 Å². The van der Waals surface area contributed by atoms with Crippen molar-refractivity contribution in [3.8, 4) is 22.5 Å². The number of carbonyl (C=O) groups is 1. The van der Waals surface area contributed by atoms with Crippen molar-refractivity contribution in [3.05, 3.63) is 76.6 Å². The van der Waals surface area contributed by atoms with Gasteiger partial charge < -0.3 is 9.84 Å². The van der Waals surface area contributed by atoms with Crippen molar-refractivity contribution in [2.45, 2.75) is 6.92 Å². The lowest BCUT2D eigenvalue weighted by molar-refractivity contribution is 0.251. The van der Waals surface area contributed by atoms with E-state index in [2.05, 4.69) is 15.6 Å². The Morgan fingerprint density at radius 1 is 1.00 bits per heavy atom. The number of hydrogen-bond donors (Lipinski definition) is 1. The molecule has 0 aliphatic rings. The van der Waals surface area contributed by atoms with Crippen LogP contribution in [-0.4, -0.2) is 21.0 Å². The number of aromatic nitrogens is 3. The summed E-state index contributed by atoms with van der Waals surface area (Å²) in [5.74, 6) is 0.575. The van der Waals surface area contributed by atoms with Gasteiger partial charge in [0, 0.05) is 21.3 Å². The molecule has 0 aliphatic carbocycles. The largest absolute Gasteiger partial charge is 0.360 e. The number of nitrogens with one attached hydrogen (secondary N) is 1. The number of anilines is 1. The monoisotopic (exact) mass is 412 g/mol. The fourth-order valence-electron chi connectivity index (χ4n) is 2.84. The van der Waals surface area contributed by atoms with Gasteiger partial charge in [0.25, 0.3) is 0 Å². The van der Waals surface area contributed by atoms with Crippen LogP contribution < -0.4 is 5.32 Å². The van der Waals surface area contributed by atoms with Crippen molar-refractivity contribution in [1.82, 2.24) is 14.9 Å². The van der Waals surface area contributed by atoms with Crippen LogP contribution in [0.1, 0.15) is 5.76 Å². The van der Waals surface area contributed by atoms with E-state index in [-0.39, 0.29) is 0 Å². The number of aryl methyl sites for hydroxylation is 1. The summed E-state index contributed by atoms with van der Waals surface area (Å²) < 4.78 is 6.67. The fourth-order valence-corrected chi connectivity index (χ4v) is 3.09. The fraction of sp³-hybridized carbons (Fsp3) is 0.0500. The first kappa shape index (κ1) is 18.3. The Balaban J connectivity index is 1.71. The van der Waals surface area contributed by atoms with E-state index in [1.807, 2.05) is 12.1 Å². The van der Waals surface area contributed by atoms with Gasteiger partial charge in [-0.05, 0) is 49.4 Å². The Kier molecular flexibility index (Phi) is 4.90. The molecule has 0 aliphatic heterocycles. The predicted octanol–water partition coefficient (Wildman–Crippen LogP) is 5.90. The molecule has 0 fully saturated rings. The minimum Gasteiger partial charge on any atom is -0.360 e. The van der Waals surface area contributed by atoms with Gasteiger partial charge in [0.15, 0.2) is 0 Å². The van der Waals surface area contributed by atoms with Crippen molar-refractivity contribution in [3.63, 3.8) is 0 Å².